The highest BCUT2D eigenvalue weighted by molar-refractivity contribution is 7.98. The average molecular weight is 242 g/mol. The van der Waals surface area contributed by atoms with E-state index >= 15 is 0 Å². The smallest absolute Gasteiger partial charge is 0.276 e. The summed E-state index contributed by atoms with van der Waals surface area (Å²) >= 11 is 1.71. The third kappa shape index (κ3) is 2.69. The van der Waals surface area contributed by atoms with E-state index in [0.29, 0.717) is 11.4 Å². The Balaban J connectivity index is 2.81. The molecule has 1 aromatic heterocycles. The summed E-state index contributed by atoms with van der Waals surface area (Å²) in [5, 5.41) is 4.07. The average Bonchev–Trinajstić information content (AvgIpc) is 2.56. The molecule has 0 aliphatic heterocycles. The van der Waals surface area contributed by atoms with Gasteiger partial charge < -0.3 is 10.6 Å². The minimum Gasteiger partial charge on any atom is -0.396 e. The molecule has 0 saturated carbocycles. The van der Waals surface area contributed by atoms with Gasteiger partial charge in [0.25, 0.3) is 5.91 Å². The van der Waals surface area contributed by atoms with Crippen molar-refractivity contribution in [1.29, 1.82) is 0 Å². The minimum absolute atomic E-state index is 0.125. The van der Waals surface area contributed by atoms with E-state index in [1.807, 2.05) is 13.2 Å². The maximum Gasteiger partial charge on any atom is 0.276 e. The predicted octanol–water partition coefficient (Wildman–Crippen LogP) is 0.826. The number of hydrogen-bond donors (Lipinski definition) is 1. The van der Waals surface area contributed by atoms with Gasteiger partial charge in [0.05, 0.1) is 5.69 Å². The Morgan fingerprint density at radius 1 is 1.75 bits per heavy atom. The molecule has 5 nitrogen and oxygen atoms in total. The van der Waals surface area contributed by atoms with Gasteiger partial charge in [0, 0.05) is 32.1 Å². The summed E-state index contributed by atoms with van der Waals surface area (Å²) in [5.41, 5.74) is 6.48. The van der Waals surface area contributed by atoms with Crippen LogP contribution in [0.3, 0.4) is 0 Å². The van der Waals surface area contributed by atoms with Crippen LogP contribution < -0.4 is 5.73 Å². The van der Waals surface area contributed by atoms with Crippen molar-refractivity contribution < 1.29 is 4.79 Å². The van der Waals surface area contributed by atoms with Gasteiger partial charge in [-0.15, -0.1) is 0 Å². The summed E-state index contributed by atoms with van der Waals surface area (Å²) in [6, 6.07) is 0.170. The summed E-state index contributed by atoms with van der Waals surface area (Å²) in [6.45, 7) is 2.01. The SMILES string of the molecule is CSCC(C)N(C)C(=O)c1nn(C)cc1N. The van der Waals surface area contributed by atoms with Gasteiger partial charge in [-0.1, -0.05) is 0 Å². The lowest BCUT2D eigenvalue weighted by atomic mass is 10.3. The Morgan fingerprint density at radius 2 is 2.38 bits per heavy atom. The maximum absolute atomic E-state index is 12.1. The summed E-state index contributed by atoms with van der Waals surface area (Å²) in [7, 11) is 3.52. The fourth-order valence-electron chi connectivity index (χ4n) is 1.39. The van der Waals surface area contributed by atoms with E-state index in [1.54, 1.807) is 41.6 Å². The molecule has 0 aliphatic carbocycles. The Kier molecular flexibility index (Phi) is 4.23. The second-order valence-corrected chi connectivity index (χ2v) is 4.74. The Morgan fingerprint density at radius 3 is 2.81 bits per heavy atom. The van der Waals surface area contributed by atoms with E-state index < -0.39 is 0 Å². The number of thioether (sulfide) groups is 1. The molecule has 0 aromatic carbocycles. The second kappa shape index (κ2) is 5.25. The summed E-state index contributed by atoms with van der Waals surface area (Å²) in [4.78, 5) is 13.7. The Hall–Kier alpha value is -1.17. The van der Waals surface area contributed by atoms with Gasteiger partial charge in [-0.25, -0.2) is 0 Å². The number of carbonyl (C=O) groups excluding carboxylic acids is 1. The zero-order valence-corrected chi connectivity index (χ0v) is 10.9. The van der Waals surface area contributed by atoms with E-state index in [-0.39, 0.29) is 11.9 Å². The number of nitrogens with two attached hydrogens (primary N) is 1. The second-order valence-electron chi connectivity index (χ2n) is 3.83. The molecule has 0 bridgehead atoms. The highest BCUT2D eigenvalue weighted by Crippen LogP contribution is 2.13. The summed E-state index contributed by atoms with van der Waals surface area (Å²) < 4.78 is 1.55. The molecule has 0 fully saturated rings. The number of carbonyl (C=O) groups is 1. The van der Waals surface area contributed by atoms with Gasteiger partial charge in [-0.2, -0.15) is 16.9 Å². The fourth-order valence-corrected chi connectivity index (χ4v) is 2.10. The third-order valence-electron chi connectivity index (χ3n) is 2.45. The van der Waals surface area contributed by atoms with Gasteiger partial charge in [-0.05, 0) is 13.2 Å². The lowest BCUT2D eigenvalue weighted by Gasteiger charge is -2.23. The first-order valence-corrected chi connectivity index (χ1v) is 6.42. The van der Waals surface area contributed by atoms with Crippen molar-refractivity contribution in [2.75, 3.05) is 24.8 Å². The Labute approximate surface area is 100.0 Å². The highest BCUT2D eigenvalue weighted by Gasteiger charge is 2.21. The van der Waals surface area contributed by atoms with Crippen molar-refractivity contribution in [1.82, 2.24) is 14.7 Å². The third-order valence-corrected chi connectivity index (χ3v) is 3.26. The van der Waals surface area contributed by atoms with Crippen LogP contribution in [0.15, 0.2) is 6.20 Å². The number of rotatable bonds is 4. The van der Waals surface area contributed by atoms with Gasteiger partial charge in [0.1, 0.15) is 0 Å². The van der Waals surface area contributed by atoms with Gasteiger partial charge in [-0.3, -0.25) is 9.48 Å². The molecule has 1 rings (SSSR count). The van der Waals surface area contributed by atoms with Crippen molar-refractivity contribution in [2.24, 2.45) is 7.05 Å². The molecule has 0 aliphatic rings. The van der Waals surface area contributed by atoms with Crippen molar-refractivity contribution in [2.45, 2.75) is 13.0 Å². The van der Waals surface area contributed by atoms with E-state index in [2.05, 4.69) is 5.10 Å². The zero-order valence-electron chi connectivity index (χ0n) is 10.1. The molecule has 90 valence electrons. The van der Waals surface area contributed by atoms with E-state index in [0.717, 1.165) is 5.75 Å². The largest absolute Gasteiger partial charge is 0.396 e. The van der Waals surface area contributed by atoms with Crippen molar-refractivity contribution in [3.8, 4) is 0 Å². The molecule has 2 N–H and O–H groups in total. The number of aryl methyl sites for hydroxylation is 1. The van der Waals surface area contributed by atoms with Crippen LogP contribution in [0.25, 0.3) is 0 Å². The normalized spacial score (nSPS) is 12.5. The van der Waals surface area contributed by atoms with Crippen molar-refractivity contribution in [3.05, 3.63) is 11.9 Å². The standard InChI is InChI=1S/C10H18N4OS/c1-7(6-16-4)14(3)10(15)9-8(11)5-13(2)12-9/h5,7H,6,11H2,1-4H3. The van der Waals surface area contributed by atoms with Crippen molar-refractivity contribution in [3.63, 3.8) is 0 Å². The molecular weight excluding hydrogens is 224 g/mol. The van der Waals surface area contributed by atoms with Crippen LogP contribution in [0.1, 0.15) is 17.4 Å². The molecule has 0 spiro atoms. The molecular formula is C10H18N4OS. The number of hydrogen-bond acceptors (Lipinski definition) is 4. The van der Waals surface area contributed by atoms with Crippen LogP contribution in [0.2, 0.25) is 0 Å². The molecule has 1 amide bonds. The monoisotopic (exact) mass is 242 g/mol. The molecule has 1 atom stereocenters. The van der Waals surface area contributed by atoms with Crippen LogP contribution >= 0.6 is 11.8 Å². The molecule has 0 saturated heterocycles. The highest BCUT2D eigenvalue weighted by atomic mass is 32.2. The first-order chi connectivity index (χ1) is 7.47. The van der Waals surface area contributed by atoms with Crippen LogP contribution in [0, 0.1) is 0 Å². The number of nitrogen functional groups attached to an aromatic ring is 1. The summed E-state index contributed by atoms with van der Waals surface area (Å²) in [6.07, 6.45) is 3.66. The zero-order chi connectivity index (χ0) is 12.3. The van der Waals surface area contributed by atoms with Gasteiger partial charge >= 0.3 is 0 Å². The van der Waals surface area contributed by atoms with Gasteiger partial charge in [0.15, 0.2) is 5.69 Å². The van der Waals surface area contributed by atoms with E-state index in [1.165, 1.54) is 0 Å². The van der Waals surface area contributed by atoms with E-state index in [9.17, 15) is 4.79 Å². The van der Waals surface area contributed by atoms with Crippen LogP contribution in [-0.4, -0.2) is 45.7 Å². The topological polar surface area (TPSA) is 64.2 Å². The number of amides is 1. The number of aromatic nitrogens is 2. The molecule has 1 unspecified atom stereocenters. The lowest BCUT2D eigenvalue weighted by Crippen LogP contribution is -2.37. The maximum atomic E-state index is 12.1. The Bertz CT molecular complexity index is 377. The number of anilines is 1. The molecule has 6 heteroatoms. The first kappa shape index (κ1) is 12.9. The van der Waals surface area contributed by atoms with E-state index in [4.69, 9.17) is 5.73 Å². The number of nitrogens with zero attached hydrogens (tertiary/aromatic N) is 3. The van der Waals surface area contributed by atoms with Crippen LogP contribution in [-0.2, 0) is 7.05 Å². The van der Waals surface area contributed by atoms with Crippen LogP contribution in [0.4, 0.5) is 5.69 Å². The predicted molar refractivity (Wildman–Crippen MR) is 67.6 cm³/mol. The molecule has 1 aromatic rings. The lowest BCUT2D eigenvalue weighted by molar-refractivity contribution is 0.0752. The van der Waals surface area contributed by atoms with Crippen LogP contribution in [0.5, 0.6) is 0 Å². The minimum atomic E-state index is -0.125. The summed E-state index contributed by atoms with van der Waals surface area (Å²) in [5.74, 6) is 0.772. The molecule has 0 radical (unpaired) electrons. The fraction of sp³-hybridized carbons (Fsp3) is 0.600. The molecule has 16 heavy (non-hydrogen) atoms. The van der Waals surface area contributed by atoms with Crippen molar-refractivity contribution >= 4 is 23.4 Å². The quantitative estimate of drug-likeness (QED) is 0.849. The molecule has 1 heterocycles. The van der Waals surface area contributed by atoms with Gasteiger partial charge in [0.2, 0.25) is 0 Å². The first-order valence-electron chi connectivity index (χ1n) is 5.02.